The van der Waals surface area contributed by atoms with Crippen molar-refractivity contribution in [2.75, 3.05) is 20.1 Å². The van der Waals surface area contributed by atoms with Crippen LogP contribution in [0.3, 0.4) is 0 Å². The number of rotatable bonds is 4. The van der Waals surface area contributed by atoms with Crippen LogP contribution in [-0.2, 0) is 4.79 Å². The van der Waals surface area contributed by atoms with Crippen molar-refractivity contribution in [3.05, 3.63) is 29.8 Å². The van der Waals surface area contributed by atoms with Gasteiger partial charge in [-0.15, -0.1) is 0 Å². The van der Waals surface area contributed by atoms with Gasteiger partial charge in [0.05, 0.1) is 0 Å². The number of carbonyl (C=O) groups excluding carboxylic acids is 1. The van der Waals surface area contributed by atoms with Crippen LogP contribution in [0.25, 0.3) is 0 Å². The van der Waals surface area contributed by atoms with E-state index < -0.39 is 17.7 Å². The zero-order chi connectivity index (χ0) is 15.4. The maximum atomic E-state index is 13.5. The minimum Gasteiger partial charge on any atom is -0.478 e. The van der Waals surface area contributed by atoms with E-state index in [2.05, 4.69) is 10.2 Å². The quantitative estimate of drug-likeness (QED) is 0.923. The van der Waals surface area contributed by atoms with E-state index in [1.165, 1.54) is 6.07 Å². The normalized spacial score (nSPS) is 18.3. The molecule has 0 bridgehead atoms. The van der Waals surface area contributed by atoms with Crippen molar-refractivity contribution in [3.8, 4) is 5.75 Å². The highest BCUT2D eigenvalue weighted by atomic mass is 19.1. The first-order valence-electron chi connectivity index (χ1n) is 7.06. The lowest BCUT2D eigenvalue weighted by atomic mass is 10.1. The average Bonchev–Trinajstić information content (AvgIpc) is 2.44. The maximum absolute atomic E-state index is 13.5. The zero-order valence-electron chi connectivity index (χ0n) is 12.2. The lowest BCUT2D eigenvalue weighted by Gasteiger charge is -2.30. The summed E-state index contributed by atoms with van der Waals surface area (Å²) in [4.78, 5) is 14.2. The number of ether oxygens (including phenoxy) is 1. The van der Waals surface area contributed by atoms with Crippen molar-refractivity contribution < 1.29 is 18.3 Å². The maximum Gasteiger partial charge on any atom is 0.260 e. The summed E-state index contributed by atoms with van der Waals surface area (Å²) in [5.41, 5.74) is 0. The van der Waals surface area contributed by atoms with Crippen molar-refractivity contribution in [1.29, 1.82) is 0 Å². The van der Waals surface area contributed by atoms with Gasteiger partial charge in [-0.05, 0) is 52.0 Å². The highest BCUT2D eigenvalue weighted by Crippen LogP contribution is 2.19. The van der Waals surface area contributed by atoms with Crippen molar-refractivity contribution in [1.82, 2.24) is 10.2 Å². The van der Waals surface area contributed by atoms with Crippen LogP contribution in [0.2, 0.25) is 0 Å². The van der Waals surface area contributed by atoms with Gasteiger partial charge in [0.15, 0.2) is 17.7 Å². The van der Waals surface area contributed by atoms with Crippen LogP contribution < -0.4 is 10.1 Å². The first kappa shape index (κ1) is 15.7. The Balaban J connectivity index is 1.87. The first-order chi connectivity index (χ1) is 9.95. The van der Waals surface area contributed by atoms with Crippen LogP contribution in [0.4, 0.5) is 8.78 Å². The van der Waals surface area contributed by atoms with Gasteiger partial charge in [-0.2, -0.15) is 0 Å². The molecule has 1 aromatic carbocycles. The van der Waals surface area contributed by atoms with E-state index in [-0.39, 0.29) is 17.7 Å². The fourth-order valence-electron chi connectivity index (χ4n) is 2.29. The highest BCUT2D eigenvalue weighted by molar-refractivity contribution is 5.81. The number of benzene rings is 1. The van der Waals surface area contributed by atoms with Crippen LogP contribution in [0.1, 0.15) is 19.8 Å². The summed E-state index contributed by atoms with van der Waals surface area (Å²) in [6, 6.07) is 3.14. The summed E-state index contributed by atoms with van der Waals surface area (Å²) in [5.74, 6) is -1.90. The summed E-state index contributed by atoms with van der Waals surface area (Å²) < 4.78 is 31.5. The fraction of sp³-hybridized carbons (Fsp3) is 0.533. The van der Waals surface area contributed by atoms with Crippen molar-refractivity contribution in [2.24, 2.45) is 0 Å². The second-order valence-electron chi connectivity index (χ2n) is 5.42. The third kappa shape index (κ3) is 4.39. The molecule has 1 aromatic rings. The molecule has 1 amide bonds. The first-order valence-corrected chi connectivity index (χ1v) is 7.06. The van der Waals surface area contributed by atoms with Gasteiger partial charge in [0, 0.05) is 12.1 Å². The smallest absolute Gasteiger partial charge is 0.260 e. The Labute approximate surface area is 123 Å². The molecule has 0 aromatic heterocycles. The molecule has 0 aliphatic carbocycles. The number of amides is 1. The van der Waals surface area contributed by atoms with E-state index in [0.717, 1.165) is 38.1 Å². The van der Waals surface area contributed by atoms with Gasteiger partial charge in [-0.3, -0.25) is 4.79 Å². The molecule has 2 rings (SSSR count). The number of hydrogen-bond donors (Lipinski definition) is 1. The summed E-state index contributed by atoms with van der Waals surface area (Å²) in [6.45, 7) is 3.42. The lowest BCUT2D eigenvalue weighted by molar-refractivity contribution is -0.128. The minimum atomic E-state index is -0.829. The van der Waals surface area contributed by atoms with E-state index in [1.807, 2.05) is 7.05 Å². The van der Waals surface area contributed by atoms with Gasteiger partial charge in [0.1, 0.15) is 5.82 Å². The molecule has 1 saturated heterocycles. The van der Waals surface area contributed by atoms with Gasteiger partial charge in [0.2, 0.25) is 0 Å². The molecule has 4 nitrogen and oxygen atoms in total. The molecule has 21 heavy (non-hydrogen) atoms. The zero-order valence-corrected chi connectivity index (χ0v) is 12.2. The second-order valence-corrected chi connectivity index (χ2v) is 5.42. The van der Waals surface area contributed by atoms with E-state index in [1.54, 1.807) is 6.92 Å². The number of piperidine rings is 1. The summed E-state index contributed by atoms with van der Waals surface area (Å²) >= 11 is 0. The Hall–Kier alpha value is -1.69. The molecular formula is C15H20F2N2O2. The SMILES string of the molecule is C[C@H](Oc1ccc(F)cc1F)C(=O)NC1CCN(C)CC1. The summed E-state index contributed by atoms with van der Waals surface area (Å²) in [6.07, 6.45) is 0.948. The standard InChI is InChI=1S/C15H20F2N2O2/c1-10(21-14-4-3-11(16)9-13(14)17)15(20)18-12-5-7-19(2)8-6-12/h3-4,9-10,12H,5-8H2,1-2H3,(H,18,20)/t10-/m0/s1. The number of likely N-dealkylation sites (tertiary alicyclic amines) is 1. The fourth-order valence-corrected chi connectivity index (χ4v) is 2.29. The van der Waals surface area contributed by atoms with Gasteiger partial charge in [0.25, 0.3) is 5.91 Å². The molecule has 0 unspecified atom stereocenters. The van der Waals surface area contributed by atoms with E-state index >= 15 is 0 Å². The van der Waals surface area contributed by atoms with Crippen molar-refractivity contribution in [2.45, 2.75) is 31.9 Å². The van der Waals surface area contributed by atoms with Crippen LogP contribution >= 0.6 is 0 Å². The van der Waals surface area contributed by atoms with Gasteiger partial charge in [-0.1, -0.05) is 0 Å². The third-order valence-electron chi connectivity index (χ3n) is 3.63. The number of hydrogen-bond acceptors (Lipinski definition) is 3. The Morgan fingerprint density at radius 3 is 2.67 bits per heavy atom. The molecule has 1 heterocycles. The monoisotopic (exact) mass is 298 g/mol. The van der Waals surface area contributed by atoms with Crippen LogP contribution in [0.5, 0.6) is 5.75 Å². The molecule has 1 aliphatic heterocycles. The predicted octanol–water partition coefficient (Wildman–Crippen LogP) is 1.94. The van der Waals surface area contributed by atoms with E-state index in [4.69, 9.17) is 4.74 Å². The third-order valence-corrected chi connectivity index (χ3v) is 3.63. The lowest BCUT2D eigenvalue weighted by Crippen LogP contribution is -2.47. The molecule has 0 radical (unpaired) electrons. The van der Waals surface area contributed by atoms with Gasteiger partial charge >= 0.3 is 0 Å². The molecule has 1 N–H and O–H groups in total. The topological polar surface area (TPSA) is 41.6 Å². The second kappa shape index (κ2) is 6.85. The Morgan fingerprint density at radius 2 is 2.05 bits per heavy atom. The minimum absolute atomic E-state index is 0.123. The average molecular weight is 298 g/mol. The highest BCUT2D eigenvalue weighted by Gasteiger charge is 2.22. The number of nitrogens with zero attached hydrogens (tertiary/aromatic N) is 1. The van der Waals surface area contributed by atoms with Gasteiger partial charge < -0.3 is 15.0 Å². The van der Waals surface area contributed by atoms with Gasteiger partial charge in [-0.25, -0.2) is 8.78 Å². The number of carbonyl (C=O) groups is 1. The predicted molar refractivity (Wildman–Crippen MR) is 75.1 cm³/mol. The Kier molecular flexibility index (Phi) is 5.12. The molecule has 0 saturated carbocycles. The summed E-state index contributed by atoms with van der Waals surface area (Å²) in [7, 11) is 2.04. The van der Waals surface area contributed by atoms with E-state index in [9.17, 15) is 13.6 Å². The van der Waals surface area contributed by atoms with Crippen molar-refractivity contribution in [3.63, 3.8) is 0 Å². The summed E-state index contributed by atoms with van der Waals surface area (Å²) in [5, 5.41) is 2.90. The Morgan fingerprint density at radius 1 is 1.38 bits per heavy atom. The van der Waals surface area contributed by atoms with E-state index in [0.29, 0.717) is 0 Å². The molecule has 116 valence electrons. The molecule has 1 fully saturated rings. The van der Waals surface area contributed by atoms with Crippen LogP contribution in [-0.4, -0.2) is 43.1 Å². The Bertz CT molecular complexity index is 502. The molecule has 1 aliphatic rings. The molecule has 6 heteroatoms. The van der Waals surface area contributed by atoms with Crippen LogP contribution in [0.15, 0.2) is 18.2 Å². The largest absolute Gasteiger partial charge is 0.478 e. The molecular weight excluding hydrogens is 278 g/mol. The molecule has 1 atom stereocenters. The number of nitrogens with one attached hydrogen (secondary N) is 1. The number of halogens is 2. The van der Waals surface area contributed by atoms with Crippen molar-refractivity contribution >= 4 is 5.91 Å². The van der Waals surface area contributed by atoms with Crippen LogP contribution in [0, 0.1) is 11.6 Å². The molecule has 0 spiro atoms.